The monoisotopic (exact) mass is 256 g/mol. The molecule has 0 spiro atoms. The molecule has 3 unspecified atom stereocenters. The normalized spacial score (nSPS) is 27.0. The molecule has 3 atom stereocenters. The van der Waals surface area contributed by atoms with Crippen LogP contribution >= 0.6 is 0 Å². The molecular formula is C13H24N2O3. The van der Waals surface area contributed by atoms with Crippen molar-refractivity contribution in [2.45, 2.75) is 58.0 Å². The maximum Gasteiger partial charge on any atom is 0.329 e. The summed E-state index contributed by atoms with van der Waals surface area (Å²) in [6.07, 6.45) is 2.57. The predicted octanol–water partition coefficient (Wildman–Crippen LogP) is 1.22. The van der Waals surface area contributed by atoms with Gasteiger partial charge in [0.25, 0.3) is 0 Å². The standard InChI is InChI=1S/C13H24N2O3/c1-4-6-13(12(17)18)7-5-8-15(13)11(16)9(2)10(3)14/h9-10H,4-8,14H2,1-3H3,(H,17,18). The van der Waals surface area contributed by atoms with Gasteiger partial charge < -0.3 is 15.7 Å². The lowest BCUT2D eigenvalue weighted by molar-refractivity contribution is -0.158. The Morgan fingerprint density at radius 1 is 1.44 bits per heavy atom. The van der Waals surface area contributed by atoms with Crippen LogP contribution in [0.5, 0.6) is 0 Å². The summed E-state index contributed by atoms with van der Waals surface area (Å²) in [5.74, 6) is -1.34. The van der Waals surface area contributed by atoms with Gasteiger partial charge in [0, 0.05) is 12.6 Å². The zero-order valence-corrected chi connectivity index (χ0v) is 11.5. The maximum absolute atomic E-state index is 12.4. The van der Waals surface area contributed by atoms with Crippen LogP contribution in [0.1, 0.15) is 46.5 Å². The van der Waals surface area contributed by atoms with Gasteiger partial charge in [0.05, 0.1) is 5.92 Å². The molecule has 1 rings (SSSR count). The van der Waals surface area contributed by atoms with Crippen LogP contribution in [0.2, 0.25) is 0 Å². The second-order valence-electron chi connectivity index (χ2n) is 5.33. The number of likely N-dealkylation sites (tertiary alicyclic amines) is 1. The van der Waals surface area contributed by atoms with Crippen LogP contribution in [0.3, 0.4) is 0 Å². The summed E-state index contributed by atoms with van der Waals surface area (Å²) < 4.78 is 0. The Hall–Kier alpha value is -1.10. The highest BCUT2D eigenvalue weighted by Crippen LogP contribution is 2.35. The fourth-order valence-corrected chi connectivity index (χ4v) is 2.67. The number of hydrogen-bond acceptors (Lipinski definition) is 3. The molecule has 1 saturated heterocycles. The fraction of sp³-hybridized carbons (Fsp3) is 0.846. The Labute approximate surface area is 108 Å². The van der Waals surface area contributed by atoms with Crippen molar-refractivity contribution in [1.29, 1.82) is 0 Å². The van der Waals surface area contributed by atoms with Crippen molar-refractivity contribution in [3.8, 4) is 0 Å². The Morgan fingerprint density at radius 2 is 2.06 bits per heavy atom. The number of nitrogens with two attached hydrogens (primary N) is 1. The molecule has 0 saturated carbocycles. The third-order valence-electron chi connectivity index (χ3n) is 3.99. The van der Waals surface area contributed by atoms with E-state index >= 15 is 0 Å². The van der Waals surface area contributed by atoms with Gasteiger partial charge in [-0.3, -0.25) is 4.79 Å². The number of carbonyl (C=O) groups excluding carboxylic acids is 1. The van der Waals surface area contributed by atoms with Crippen molar-refractivity contribution < 1.29 is 14.7 Å². The van der Waals surface area contributed by atoms with Crippen LogP contribution in [0.15, 0.2) is 0 Å². The highest BCUT2D eigenvalue weighted by atomic mass is 16.4. The molecule has 18 heavy (non-hydrogen) atoms. The molecule has 0 aromatic rings. The average Bonchev–Trinajstić information content (AvgIpc) is 2.72. The van der Waals surface area contributed by atoms with Crippen molar-refractivity contribution >= 4 is 11.9 Å². The van der Waals surface area contributed by atoms with E-state index in [0.717, 1.165) is 12.8 Å². The fourth-order valence-electron chi connectivity index (χ4n) is 2.67. The first-order valence-corrected chi connectivity index (χ1v) is 6.67. The minimum Gasteiger partial charge on any atom is -0.479 e. The number of carboxylic acids is 1. The van der Waals surface area contributed by atoms with Gasteiger partial charge in [-0.1, -0.05) is 20.3 Å². The van der Waals surface area contributed by atoms with Crippen LogP contribution in [0.25, 0.3) is 0 Å². The van der Waals surface area contributed by atoms with Crippen LogP contribution in [-0.2, 0) is 9.59 Å². The van der Waals surface area contributed by atoms with Crippen LogP contribution in [0, 0.1) is 5.92 Å². The van der Waals surface area contributed by atoms with E-state index in [4.69, 9.17) is 5.73 Å². The van der Waals surface area contributed by atoms with Gasteiger partial charge >= 0.3 is 5.97 Å². The van der Waals surface area contributed by atoms with E-state index in [1.165, 1.54) is 0 Å². The molecule has 5 nitrogen and oxygen atoms in total. The molecule has 0 aromatic heterocycles. The Bertz CT molecular complexity index is 330. The summed E-state index contributed by atoms with van der Waals surface area (Å²) in [5, 5.41) is 9.51. The van der Waals surface area contributed by atoms with E-state index in [-0.39, 0.29) is 17.9 Å². The molecule has 3 N–H and O–H groups in total. The molecule has 0 aliphatic carbocycles. The molecule has 1 heterocycles. The molecule has 1 fully saturated rings. The van der Waals surface area contributed by atoms with Crippen molar-refractivity contribution in [1.82, 2.24) is 4.90 Å². The lowest BCUT2D eigenvalue weighted by Gasteiger charge is -2.36. The smallest absolute Gasteiger partial charge is 0.329 e. The van der Waals surface area contributed by atoms with Gasteiger partial charge in [-0.15, -0.1) is 0 Å². The summed E-state index contributed by atoms with van der Waals surface area (Å²) in [7, 11) is 0. The number of carbonyl (C=O) groups is 2. The van der Waals surface area contributed by atoms with Gasteiger partial charge in [0.1, 0.15) is 5.54 Å². The minimum absolute atomic E-state index is 0.127. The highest BCUT2D eigenvalue weighted by Gasteiger charge is 2.49. The van der Waals surface area contributed by atoms with Gasteiger partial charge in [-0.2, -0.15) is 0 Å². The molecule has 0 aromatic carbocycles. The Morgan fingerprint density at radius 3 is 2.50 bits per heavy atom. The summed E-state index contributed by atoms with van der Waals surface area (Å²) in [6.45, 7) is 6.02. The van der Waals surface area contributed by atoms with Crippen LogP contribution in [0.4, 0.5) is 0 Å². The van der Waals surface area contributed by atoms with Crippen LogP contribution < -0.4 is 5.73 Å². The summed E-state index contributed by atoms with van der Waals surface area (Å²) >= 11 is 0. The predicted molar refractivity (Wildman–Crippen MR) is 69.0 cm³/mol. The maximum atomic E-state index is 12.4. The molecule has 1 amide bonds. The van der Waals surface area contributed by atoms with Gasteiger partial charge in [0.15, 0.2) is 0 Å². The molecule has 0 radical (unpaired) electrons. The molecule has 1 aliphatic rings. The Kier molecular flexibility index (Phi) is 4.73. The number of rotatable bonds is 5. The van der Waals surface area contributed by atoms with Gasteiger partial charge in [0.2, 0.25) is 5.91 Å². The van der Waals surface area contributed by atoms with E-state index < -0.39 is 11.5 Å². The van der Waals surface area contributed by atoms with Crippen LogP contribution in [-0.4, -0.2) is 40.0 Å². The van der Waals surface area contributed by atoms with Gasteiger partial charge in [-0.05, 0) is 26.2 Å². The Balaban J connectivity index is 2.98. The average molecular weight is 256 g/mol. The highest BCUT2D eigenvalue weighted by molar-refractivity contribution is 5.89. The van der Waals surface area contributed by atoms with Crippen molar-refractivity contribution in [2.24, 2.45) is 11.7 Å². The van der Waals surface area contributed by atoms with E-state index in [2.05, 4.69) is 0 Å². The minimum atomic E-state index is -1.00. The third-order valence-corrected chi connectivity index (χ3v) is 3.99. The third kappa shape index (κ3) is 2.51. The molecule has 104 valence electrons. The first-order chi connectivity index (χ1) is 8.36. The lowest BCUT2D eigenvalue weighted by atomic mass is 9.89. The number of carboxylic acid groups (broad SMARTS) is 1. The first-order valence-electron chi connectivity index (χ1n) is 6.67. The zero-order valence-electron chi connectivity index (χ0n) is 11.5. The van der Waals surface area contributed by atoms with E-state index in [1.54, 1.807) is 18.7 Å². The molecular weight excluding hydrogens is 232 g/mol. The number of hydrogen-bond donors (Lipinski definition) is 2. The van der Waals surface area contributed by atoms with E-state index in [0.29, 0.717) is 19.4 Å². The number of nitrogens with zero attached hydrogens (tertiary/aromatic N) is 1. The molecule has 1 aliphatic heterocycles. The number of aliphatic carboxylic acids is 1. The topological polar surface area (TPSA) is 83.6 Å². The second kappa shape index (κ2) is 5.69. The van der Waals surface area contributed by atoms with Crippen molar-refractivity contribution in [2.75, 3.05) is 6.54 Å². The largest absolute Gasteiger partial charge is 0.479 e. The lowest BCUT2D eigenvalue weighted by Crippen LogP contribution is -2.55. The van der Waals surface area contributed by atoms with Crippen molar-refractivity contribution in [3.63, 3.8) is 0 Å². The SMILES string of the molecule is CCCC1(C(=O)O)CCCN1C(=O)C(C)C(C)N. The zero-order chi connectivity index (χ0) is 13.9. The van der Waals surface area contributed by atoms with E-state index in [9.17, 15) is 14.7 Å². The molecule has 5 heteroatoms. The quantitative estimate of drug-likeness (QED) is 0.774. The van der Waals surface area contributed by atoms with Crippen molar-refractivity contribution in [3.05, 3.63) is 0 Å². The molecule has 0 bridgehead atoms. The second-order valence-corrected chi connectivity index (χ2v) is 5.33. The summed E-state index contributed by atoms with van der Waals surface area (Å²) in [5.41, 5.74) is 4.74. The number of amides is 1. The first kappa shape index (κ1) is 15.0. The van der Waals surface area contributed by atoms with Gasteiger partial charge in [-0.25, -0.2) is 4.79 Å². The summed E-state index contributed by atoms with van der Waals surface area (Å²) in [6, 6.07) is -0.258. The van der Waals surface area contributed by atoms with E-state index in [1.807, 2.05) is 6.92 Å². The summed E-state index contributed by atoms with van der Waals surface area (Å²) in [4.78, 5) is 25.5.